The van der Waals surface area contributed by atoms with Gasteiger partial charge in [0.2, 0.25) is 7.37 Å². The minimum atomic E-state index is -4.18. The summed E-state index contributed by atoms with van der Waals surface area (Å²) in [5.41, 5.74) is 5.25. The van der Waals surface area contributed by atoms with Crippen molar-refractivity contribution in [2.75, 3.05) is 6.16 Å². The lowest BCUT2D eigenvalue weighted by Gasteiger charge is -2.21. The molecule has 0 rings (SSSR count). The topological polar surface area (TPSA) is 175 Å². The Morgan fingerprint density at radius 2 is 1.63 bits per heavy atom. The first kappa shape index (κ1) is 17.6. The molecule has 0 radical (unpaired) electrons. The molecule has 9 nitrogen and oxygen atoms in total. The highest BCUT2D eigenvalue weighted by atomic mass is 31.2. The van der Waals surface area contributed by atoms with E-state index < -0.39 is 56.0 Å². The summed E-state index contributed by atoms with van der Waals surface area (Å²) >= 11 is 0. The maximum absolute atomic E-state index is 11.8. The van der Waals surface area contributed by atoms with Gasteiger partial charge in [0, 0.05) is 12.6 Å². The summed E-state index contributed by atoms with van der Waals surface area (Å²) in [5.74, 6) is -6.95. The van der Waals surface area contributed by atoms with E-state index in [9.17, 15) is 23.8 Å². The van der Waals surface area contributed by atoms with Gasteiger partial charge < -0.3 is 25.9 Å². The average molecular weight is 297 g/mol. The molecule has 0 aromatic rings. The number of carbonyl (C=O) groups is 3. The van der Waals surface area contributed by atoms with Gasteiger partial charge in [-0.2, -0.15) is 0 Å². The van der Waals surface area contributed by atoms with Crippen LogP contribution in [-0.4, -0.2) is 50.1 Å². The van der Waals surface area contributed by atoms with Crippen molar-refractivity contribution in [1.29, 1.82) is 0 Å². The second-order valence-electron chi connectivity index (χ2n) is 4.07. The van der Waals surface area contributed by atoms with Crippen LogP contribution < -0.4 is 5.73 Å². The van der Waals surface area contributed by atoms with Gasteiger partial charge in [-0.15, -0.1) is 0 Å². The van der Waals surface area contributed by atoms with Crippen LogP contribution in [0.4, 0.5) is 0 Å². The Balaban J connectivity index is 4.72. The third kappa shape index (κ3) is 6.90. The Labute approximate surface area is 108 Å². The van der Waals surface area contributed by atoms with E-state index in [-0.39, 0.29) is 6.42 Å². The molecule has 0 aromatic heterocycles. The Morgan fingerprint density at radius 1 is 1.11 bits per heavy atom. The van der Waals surface area contributed by atoms with Gasteiger partial charge in [-0.05, 0) is 6.42 Å². The zero-order chi connectivity index (χ0) is 15.2. The van der Waals surface area contributed by atoms with E-state index in [1.54, 1.807) is 0 Å². The van der Waals surface area contributed by atoms with E-state index in [0.717, 1.165) is 0 Å². The lowest BCUT2D eigenvalue weighted by molar-refractivity contribution is -0.142. The van der Waals surface area contributed by atoms with Gasteiger partial charge in [0.1, 0.15) is 0 Å². The van der Waals surface area contributed by atoms with E-state index >= 15 is 0 Å². The summed E-state index contributed by atoms with van der Waals surface area (Å²) in [6.07, 6.45) is -2.30. The highest BCUT2D eigenvalue weighted by Crippen LogP contribution is 2.47. The van der Waals surface area contributed by atoms with Crippen LogP contribution in [0.5, 0.6) is 0 Å². The van der Waals surface area contributed by atoms with Gasteiger partial charge in [-0.25, -0.2) is 0 Å². The third-order valence-corrected chi connectivity index (χ3v) is 4.62. The van der Waals surface area contributed by atoms with Gasteiger partial charge >= 0.3 is 17.9 Å². The lowest BCUT2D eigenvalue weighted by Crippen LogP contribution is -2.29. The van der Waals surface area contributed by atoms with Crippen LogP contribution in [0.15, 0.2) is 0 Å². The normalized spacial score (nSPS) is 17.2. The van der Waals surface area contributed by atoms with Crippen LogP contribution in [-0.2, 0) is 18.9 Å². The van der Waals surface area contributed by atoms with Crippen molar-refractivity contribution in [2.45, 2.75) is 25.0 Å². The molecule has 0 bridgehead atoms. The number of nitrogens with two attached hydrogens (primary N) is 1. The maximum atomic E-state index is 11.8. The number of carboxylic acids is 3. The fourth-order valence-electron chi connectivity index (χ4n) is 1.36. The monoisotopic (exact) mass is 297 g/mol. The molecule has 0 aliphatic rings. The Hall–Kier alpha value is -1.44. The molecule has 3 atom stereocenters. The first-order valence-electron chi connectivity index (χ1n) is 5.29. The minimum absolute atomic E-state index is 0.324. The smallest absolute Gasteiger partial charge is 0.307 e. The molecule has 0 spiro atoms. The molecule has 0 saturated heterocycles. The highest BCUT2D eigenvalue weighted by molar-refractivity contribution is 7.58. The van der Waals surface area contributed by atoms with Gasteiger partial charge in [0.05, 0.1) is 18.1 Å². The molecule has 0 fully saturated rings. The molecule has 110 valence electrons. The van der Waals surface area contributed by atoms with Gasteiger partial charge in [0.15, 0.2) is 0 Å². The van der Waals surface area contributed by atoms with Crippen molar-refractivity contribution < 1.29 is 39.2 Å². The molecular weight excluding hydrogens is 281 g/mol. The van der Waals surface area contributed by atoms with Crippen LogP contribution >= 0.6 is 7.37 Å². The summed E-state index contributed by atoms with van der Waals surface area (Å²) in [7, 11) is -4.18. The van der Waals surface area contributed by atoms with E-state index in [4.69, 9.17) is 21.1 Å². The Kier molecular flexibility index (Phi) is 6.68. The van der Waals surface area contributed by atoms with Crippen molar-refractivity contribution >= 4 is 25.3 Å². The Morgan fingerprint density at radius 3 is 2.00 bits per heavy atom. The highest BCUT2D eigenvalue weighted by Gasteiger charge is 2.35. The molecule has 6 N–H and O–H groups in total. The molecule has 0 saturated carbocycles. The second kappa shape index (κ2) is 7.22. The van der Waals surface area contributed by atoms with Gasteiger partial charge in [0.25, 0.3) is 0 Å². The number of hydrogen-bond acceptors (Lipinski definition) is 5. The maximum Gasteiger partial charge on any atom is 0.307 e. The van der Waals surface area contributed by atoms with Gasteiger partial charge in [-0.3, -0.25) is 18.9 Å². The van der Waals surface area contributed by atoms with Crippen LogP contribution in [0, 0.1) is 5.92 Å². The lowest BCUT2D eigenvalue weighted by atomic mass is 10.1. The van der Waals surface area contributed by atoms with E-state index in [1.165, 1.54) is 0 Å². The van der Waals surface area contributed by atoms with E-state index in [1.807, 2.05) is 0 Å². The number of rotatable bonds is 9. The Bertz CT molecular complexity index is 409. The molecule has 0 aliphatic heterocycles. The summed E-state index contributed by atoms with van der Waals surface area (Å²) < 4.78 is 11.8. The predicted octanol–water partition coefficient (Wildman–Crippen LogP) is -0.418. The second-order valence-corrected chi connectivity index (χ2v) is 6.61. The van der Waals surface area contributed by atoms with Crippen LogP contribution in [0.3, 0.4) is 0 Å². The fourth-order valence-corrected chi connectivity index (χ4v) is 3.05. The standard InChI is InChI=1S/C9H16NO8P/c10-6(3-8(13)14)19(17,18)4-5(9(15)16)1-2-7(11)12/h5-6H,1-4,10H2,(H,11,12)(H,13,14)(H,15,16)(H,17,18). The summed E-state index contributed by atoms with van der Waals surface area (Å²) in [6, 6.07) is 0. The van der Waals surface area contributed by atoms with E-state index in [2.05, 4.69) is 0 Å². The minimum Gasteiger partial charge on any atom is -0.481 e. The fraction of sp³-hybridized carbons (Fsp3) is 0.667. The molecule has 0 heterocycles. The quantitative estimate of drug-likeness (QED) is 0.354. The molecule has 19 heavy (non-hydrogen) atoms. The third-order valence-electron chi connectivity index (χ3n) is 2.44. The van der Waals surface area contributed by atoms with Gasteiger partial charge in [-0.1, -0.05) is 0 Å². The molecule has 3 unspecified atom stereocenters. The summed E-state index contributed by atoms with van der Waals surface area (Å²) in [6.45, 7) is 0. The van der Waals surface area contributed by atoms with Crippen molar-refractivity contribution in [2.24, 2.45) is 11.7 Å². The first-order chi connectivity index (χ1) is 8.56. The molecule has 0 aliphatic carbocycles. The van der Waals surface area contributed by atoms with Crippen LogP contribution in [0.2, 0.25) is 0 Å². The van der Waals surface area contributed by atoms with Crippen molar-refractivity contribution in [3.63, 3.8) is 0 Å². The molecular formula is C9H16NO8P. The number of carboxylic acid groups (broad SMARTS) is 3. The summed E-state index contributed by atoms with van der Waals surface area (Å²) in [4.78, 5) is 41.2. The number of aliphatic carboxylic acids is 3. The van der Waals surface area contributed by atoms with E-state index in [0.29, 0.717) is 0 Å². The largest absolute Gasteiger partial charge is 0.481 e. The van der Waals surface area contributed by atoms with Crippen LogP contribution in [0.25, 0.3) is 0 Å². The molecule has 10 heteroatoms. The zero-order valence-electron chi connectivity index (χ0n) is 9.93. The zero-order valence-corrected chi connectivity index (χ0v) is 10.8. The summed E-state index contributed by atoms with van der Waals surface area (Å²) in [5, 5.41) is 25.7. The predicted molar refractivity (Wildman–Crippen MR) is 62.9 cm³/mol. The van der Waals surface area contributed by atoms with Crippen LogP contribution in [0.1, 0.15) is 19.3 Å². The number of hydrogen-bond donors (Lipinski definition) is 5. The van der Waals surface area contributed by atoms with Crippen molar-refractivity contribution in [1.82, 2.24) is 0 Å². The first-order valence-corrected chi connectivity index (χ1v) is 7.21. The van der Waals surface area contributed by atoms with Crippen molar-refractivity contribution in [3.8, 4) is 0 Å². The average Bonchev–Trinajstić information content (AvgIpc) is 2.22. The van der Waals surface area contributed by atoms with Crippen molar-refractivity contribution in [3.05, 3.63) is 0 Å². The molecule has 0 amide bonds. The SMILES string of the molecule is NC(CC(=O)O)P(=O)(O)CC(CCC(=O)O)C(=O)O. The molecule has 0 aromatic carbocycles.